The third kappa shape index (κ3) is 12.5. The molecule has 0 heterocycles. The number of nitrogens with two attached hydrogens (primary N) is 4. The van der Waals surface area contributed by atoms with E-state index < -0.39 is 54.5 Å². The van der Waals surface area contributed by atoms with E-state index in [2.05, 4.69) is 20.9 Å². The molecule has 0 saturated heterocycles. The van der Waals surface area contributed by atoms with Gasteiger partial charge in [-0.05, 0) is 44.2 Å². The number of carboxylic acid groups (broad SMARTS) is 1. The molecule has 0 saturated carbocycles. The molecule has 4 atom stereocenters. The van der Waals surface area contributed by atoms with E-state index in [0.29, 0.717) is 37.9 Å². The minimum atomic E-state index is -1.55. The SMILES string of the molecule is NCCCCC(NC(=O)C(N)CCCN=C(N)N)C(=O)NC(Cc1ccccc1)C(=O)NC(CO)C(=O)O. The number of aliphatic hydroxyl groups excluding tert-OH is 1. The molecular weight excluding hydrogens is 496 g/mol. The largest absolute Gasteiger partial charge is 0.480 e. The number of hydrogen-bond acceptors (Lipinski definition) is 8. The van der Waals surface area contributed by atoms with E-state index in [9.17, 15) is 29.4 Å². The Morgan fingerprint density at radius 2 is 1.45 bits per heavy atom. The van der Waals surface area contributed by atoms with Gasteiger partial charge in [-0.15, -0.1) is 0 Å². The summed E-state index contributed by atoms with van der Waals surface area (Å²) < 4.78 is 0. The third-order valence-electron chi connectivity index (χ3n) is 5.60. The van der Waals surface area contributed by atoms with Gasteiger partial charge in [0.15, 0.2) is 5.96 Å². The number of carbonyl (C=O) groups excluding carboxylic acids is 3. The van der Waals surface area contributed by atoms with Crippen molar-refractivity contribution < 1.29 is 29.4 Å². The van der Waals surface area contributed by atoms with Crippen molar-refractivity contribution in [2.24, 2.45) is 27.9 Å². The summed E-state index contributed by atoms with van der Waals surface area (Å²) in [6, 6.07) is 4.12. The maximum absolute atomic E-state index is 13.2. The molecule has 3 amide bonds. The fourth-order valence-corrected chi connectivity index (χ4v) is 3.48. The van der Waals surface area contributed by atoms with E-state index in [1.54, 1.807) is 30.3 Å². The lowest BCUT2D eigenvalue weighted by molar-refractivity contribution is -0.143. The molecule has 1 aromatic carbocycles. The number of guanidine groups is 1. The van der Waals surface area contributed by atoms with Crippen LogP contribution in [0.15, 0.2) is 35.3 Å². The van der Waals surface area contributed by atoms with Crippen LogP contribution in [0.5, 0.6) is 0 Å². The average Bonchev–Trinajstić information content (AvgIpc) is 2.88. The lowest BCUT2D eigenvalue weighted by atomic mass is 10.0. The van der Waals surface area contributed by atoms with Crippen LogP contribution in [-0.4, -0.2) is 83.7 Å². The van der Waals surface area contributed by atoms with Crippen LogP contribution < -0.4 is 38.9 Å². The van der Waals surface area contributed by atoms with E-state index in [1.165, 1.54) is 0 Å². The fourth-order valence-electron chi connectivity index (χ4n) is 3.48. The Kier molecular flexibility index (Phi) is 15.0. The van der Waals surface area contributed by atoms with Gasteiger partial charge in [0, 0.05) is 13.0 Å². The van der Waals surface area contributed by atoms with Crippen molar-refractivity contribution in [3.05, 3.63) is 35.9 Å². The first-order valence-electron chi connectivity index (χ1n) is 12.4. The Morgan fingerprint density at radius 1 is 0.842 bits per heavy atom. The van der Waals surface area contributed by atoms with Gasteiger partial charge in [-0.3, -0.25) is 19.4 Å². The minimum absolute atomic E-state index is 0.0456. The number of carbonyl (C=O) groups is 4. The number of carboxylic acids is 1. The summed E-state index contributed by atoms with van der Waals surface area (Å²) in [4.78, 5) is 54.0. The zero-order valence-corrected chi connectivity index (χ0v) is 21.3. The van der Waals surface area contributed by atoms with E-state index in [0.717, 1.165) is 0 Å². The number of rotatable bonds is 18. The van der Waals surface area contributed by atoms with E-state index in [4.69, 9.17) is 22.9 Å². The molecule has 0 aliphatic carbocycles. The number of nitrogens with zero attached hydrogens (tertiary/aromatic N) is 1. The Balaban J connectivity index is 3.00. The first-order chi connectivity index (χ1) is 18.1. The van der Waals surface area contributed by atoms with Gasteiger partial charge in [0.05, 0.1) is 12.6 Å². The van der Waals surface area contributed by atoms with Gasteiger partial charge in [-0.1, -0.05) is 30.3 Å². The highest BCUT2D eigenvalue weighted by molar-refractivity contribution is 5.94. The maximum atomic E-state index is 13.2. The highest BCUT2D eigenvalue weighted by Gasteiger charge is 2.30. The molecule has 14 nitrogen and oxygen atoms in total. The van der Waals surface area contributed by atoms with Crippen LogP contribution in [-0.2, 0) is 25.6 Å². The van der Waals surface area contributed by atoms with Gasteiger partial charge in [-0.2, -0.15) is 0 Å². The minimum Gasteiger partial charge on any atom is -0.480 e. The quantitative estimate of drug-likeness (QED) is 0.0531. The second-order valence-electron chi connectivity index (χ2n) is 8.73. The number of unbranched alkanes of at least 4 members (excludes halogenated alkanes) is 1. The predicted octanol–water partition coefficient (Wildman–Crippen LogP) is -2.73. The van der Waals surface area contributed by atoms with Crippen LogP contribution in [0.25, 0.3) is 0 Å². The van der Waals surface area contributed by atoms with Crippen LogP contribution in [0, 0.1) is 0 Å². The van der Waals surface area contributed by atoms with Crippen molar-refractivity contribution in [2.45, 2.75) is 62.7 Å². The van der Waals surface area contributed by atoms with Crippen LogP contribution >= 0.6 is 0 Å². The lowest BCUT2D eigenvalue weighted by Gasteiger charge is -2.25. The Hall–Kier alpha value is -3.75. The van der Waals surface area contributed by atoms with E-state index >= 15 is 0 Å². The van der Waals surface area contributed by atoms with Gasteiger partial charge >= 0.3 is 5.97 Å². The topological polar surface area (TPSA) is 261 Å². The monoisotopic (exact) mass is 536 g/mol. The van der Waals surface area contributed by atoms with Gasteiger partial charge < -0.3 is 49.1 Å². The number of aliphatic hydroxyl groups is 1. The number of amides is 3. The van der Waals surface area contributed by atoms with E-state index in [-0.39, 0.29) is 25.2 Å². The number of hydrogen-bond donors (Lipinski definition) is 9. The molecular formula is C24H40N8O6. The summed E-state index contributed by atoms with van der Waals surface area (Å²) >= 11 is 0. The summed E-state index contributed by atoms with van der Waals surface area (Å²) in [6.07, 6.45) is 2.14. The maximum Gasteiger partial charge on any atom is 0.328 e. The number of benzene rings is 1. The predicted molar refractivity (Wildman–Crippen MR) is 141 cm³/mol. The van der Waals surface area contributed by atoms with Crippen LogP contribution in [0.1, 0.15) is 37.7 Å². The number of nitrogens with one attached hydrogen (secondary N) is 3. The standard InChI is InChI=1S/C24H40N8O6/c25-11-5-4-10-17(30-20(34)16(26)9-6-12-29-24(27)28)21(35)31-18(13-15-7-2-1-3-8-15)22(36)32-19(14-33)23(37)38/h1-3,7-8,16-19,33H,4-6,9-14,25-26H2,(H,30,34)(H,31,35)(H,32,36)(H,37,38)(H4,27,28,29). The molecule has 1 aromatic rings. The van der Waals surface area contributed by atoms with E-state index in [1.807, 2.05) is 0 Å². The van der Waals surface area contributed by atoms with Crippen molar-refractivity contribution in [1.82, 2.24) is 16.0 Å². The molecule has 14 heteroatoms. The number of aliphatic carboxylic acids is 1. The first kappa shape index (κ1) is 32.3. The van der Waals surface area contributed by atoms with Crippen LogP contribution in [0.2, 0.25) is 0 Å². The van der Waals surface area contributed by atoms with Crippen molar-refractivity contribution >= 4 is 29.7 Å². The Labute approximate surface area is 221 Å². The molecule has 212 valence electrons. The van der Waals surface area contributed by atoms with Crippen molar-refractivity contribution in [3.63, 3.8) is 0 Å². The molecule has 13 N–H and O–H groups in total. The molecule has 4 unspecified atom stereocenters. The zero-order chi connectivity index (χ0) is 28.5. The first-order valence-corrected chi connectivity index (χ1v) is 12.4. The molecule has 0 aliphatic heterocycles. The highest BCUT2D eigenvalue weighted by atomic mass is 16.4. The average molecular weight is 537 g/mol. The molecule has 0 fully saturated rings. The summed E-state index contributed by atoms with van der Waals surface area (Å²) in [5.74, 6) is -3.49. The van der Waals surface area contributed by atoms with Crippen LogP contribution in [0.3, 0.4) is 0 Å². The Morgan fingerprint density at radius 3 is 2.03 bits per heavy atom. The van der Waals surface area contributed by atoms with Gasteiger partial charge in [0.2, 0.25) is 17.7 Å². The van der Waals surface area contributed by atoms with Crippen molar-refractivity contribution in [2.75, 3.05) is 19.7 Å². The molecule has 0 radical (unpaired) electrons. The number of aliphatic imine (C=N–C) groups is 1. The van der Waals surface area contributed by atoms with Crippen molar-refractivity contribution in [3.8, 4) is 0 Å². The summed E-state index contributed by atoms with van der Waals surface area (Å²) in [5.41, 5.74) is 22.8. The highest BCUT2D eigenvalue weighted by Crippen LogP contribution is 2.07. The fraction of sp³-hybridized carbons (Fsp3) is 0.542. The van der Waals surface area contributed by atoms with Crippen molar-refractivity contribution in [1.29, 1.82) is 0 Å². The van der Waals surface area contributed by atoms with Crippen LogP contribution in [0.4, 0.5) is 0 Å². The zero-order valence-electron chi connectivity index (χ0n) is 21.3. The smallest absolute Gasteiger partial charge is 0.328 e. The molecule has 38 heavy (non-hydrogen) atoms. The molecule has 0 spiro atoms. The molecule has 0 aromatic heterocycles. The summed E-state index contributed by atoms with van der Waals surface area (Å²) in [7, 11) is 0. The summed E-state index contributed by atoms with van der Waals surface area (Å²) in [6.45, 7) is -0.138. The Bertz CT molecular complexity index is 926. The summed E-state index contributed by atoms with van der Waals surface area (Å²) in [5, 5.41) is 26.0. The second kappa shape index (κ2) is 17.7. The van der Waals surface area contributed by atoms with Gasteiger partial charge in [-0.25, -0.2) is 4.79 Å². The van der Waals surface area contributed by atoms with Gasteiger partial charge in [0.1, 0.15) is 18.1 Å². The second-order valence-corrected chi connectivity index (χ2v) is 8.73. The third-order valence-corrected chi connectivity index (χ3v) is 5.60. The van der Waals surface area contributed by atoms with Gasteiger partial charge in [0.25, 0.3) is 0 Å². The molecule has 0 bridgehead atoms. The lowest BCUT2D eigenvalue weighted by Crippen LogP contribution is -2.58. The molecule has 0 aliphatic rings. The normalized spacial score (nSPS) is 13.9. The molecule has 1 rings (SSSR count).